The monoisotopic (exact) mass is 413 g/mol. The summed E-state index contributed by atoms with van der Waals surface area (Å²) in [5, 5.41) is 6.79. The van der Waals surface area contributed by atoms with E-state index in [9.17, 15) is 4.79 Å². The molecule has 0 amide bonds. The van der Waals surface area contributed by atoms with E-state index in [4.69, 9.17) is 26.5 Å². The van der Waals surface area contributed by atoms with Crippen LogP contribution in [-0.2, 0) is 0 Å². The van der Waals surface area contributed by atoms with Gasteiger partial charge in [-0.1, -0.05) is 35.9 Å². The van der Waals surface area contributed by atoms with E-state index in [2.05, 4.69) is 10.3 Å². The summed E-state index contributed by atoms with van der Waals surface area (Å²) in [4.78, 5) is 16.9. The largest absolute Gasteiger partial charge is 0.490 e. The van der Waals surface area contributed by atoms with Gasteiger partial charge in [0.05, 0.1) is 22.0 Å². The van der Waals surface area contributed by atoms with Crippen molar-refractivity contribution >= 4 is 44.7 Å². The van der Waals surface area contributed by atoms with Gasteiger partial charge in [-0.05, 0) is 24.3 Å². The number of anilines is 2. The van der Waals surface area contributed by atoms with Crippen LogP contribution < -0.4 is 21.4 Å². The van der Waals surface area contributed by atoms with E-state index in [1.54, 1.807) is 23.6 Å². The van der Waals surface area contributed by atoms with Gasteiger partial charge >= 0.3 is 5.63 Å². The molecule has 0 fully saturated rings. The van der Waals surface area contributed by atoms with Crippen LogP contribution in [0.15, 0.2) is 63.1 Å². The van der Waals surface area contributed by atoms with Gasteiger partial charge in [0, 0.05) is 17.3 Å². The minimum absolute atomic E-state index is 0.373. The van der Waals surface area contributed by atoms with Crippen LogP contribution >= 0.6 is 22.9 Å². The first kappa shape index (κ1) is 18.5. The van der Waals surface area contributed by atoms with E-state index in [0.717, 1.165) is 11.1 Å². The molecule has 0 aliphatic carbocycles. The highest BCUT2D eigenvalue weighted by Crippen LogP contribution is 2.32. The summed E-state index contributed by atoms with van der Waals surface area (Å²) in [7, 11) is 0. The van der Waals surface area contributed by atoms with Crippen LogP contribution in [0.25, 0.3) is 22.2 Å². The van der Waals surface area contributed by atoms with Crippen molar-refractivity contribution in [2.24, 2.45) is 5.73 Å². The Kier molecular flexibility index (Phi) is 5.29. The number of rotatable bonds is 6. The molecule has 0 aliphatic rings. The summed E-state index contributed by atoms with van der Waals surface area (Å²) in [5.41, 5.74) is 7.08. The number of thiazole rings is 1. The molecule has 142 valence electrons. The number of nitrogens with one attached hydrogen (secondary N) is 1. The summed E-state index contributed by atoms with van der Waals surface area (Å²) < 4.78 is 11.0. The van der Waals surface area contributed by atoms with E-state index in [1.807, 2.05) is 30.3 Å². The first-order valence-electron chi connectivity index (χ1n) is 8.53. The third kappa shape index (κ3) is 3.73. The third-order valence-electron chi connectivity index (χ3n) is 4.00. The molecule has 0 radical (unpaired) electrons. The minimum Gasteiger partial charge on any atom is -0.490 e. The summed E-state index contributed by atoms with van der Waals surface area (Å²) in [6.07, 6.45) is 0. The van der Waals surface area contributed by atoms with E-state index in [-0.39, 0.29) is 0 Å². The Morgan fingerprint density at radius 1 is 1.21 bits per heavy atom. The zero-order chi connectivity index (χ0) is 19.5. The molecule has 0 atom stereocenters. The van der Waals surface area contributed by atoms with E-state index >= 15 is 0 Å². The van der Waals surface area contributed by atoms with Gasteiger partial charge in [0.25, 0.3) is 0 Å². The molecule has 2 aromatic carbocycles. The molecule has 0 spiro atoms. The molecular formula is C20H16ClN3O3S. The number of fused-ring (bicyclic) bond motifs is 1. The Morgan fingerprint density at radius 2 is 2.07 bits per heavy atom. The van der Waals surface area contributed by atoms with Gasteiger partial charge in [-0.2, -0.15) is 0 Å². The topological polar surface area (TPSA) is 90.4 Å². The predicted octanol–water partition coefficient (Wildman–Crippen LogP) is 4.65. The van der Waals surface area contributed by atoms with E-state index in [0.29, 0.717) is 45.9 Å². The van der Waals surface area contributed by atoms with Gasteiger partial charge in [0.1, 0.15) is 12.4 Å². The molecule has 8 heteroatoms. The molecule has 2 heterocycles. The first-order chi connectivity index (χ1) is 13.7. The van der Waals surface area contributed by atoms with Crippen molar-refractivity contribution in [1.29, 1.82) is 0 Å². The van der Waals surface area contributed by atoms with Crippen LogP contribution in [0, 0.1) is 0 Å². The van der Waals surface area contributed by atoms with Crippen molar-refractivity contribution in [3.63, 3.8) is 0 Å². The molecule has 4 rings (SSSR count). The van der Waals surface area contributed by atoms with Crippen molar-refractivity contribution in [1.82, 2.24) is 4.98 Å². The molecule has 0 saturated carbocycles. The number of halogens is 1. The lowest BCUT2D eigenvalue weighted by Gasteiger charge is -2.10. The van der Waals surface area contributed by atoms with Crippen molar-refractivity contribution in [2.45, 2.75) is 0 Å². The number of nitrogens with two attached hydrogens (primary N) is 1. The molecule has 0 saturated heterocycles. The zero-order valence-electron chi connectivity index (χ0n) is 14.6. The zero-order valence-corrected chi connectivity index (χ0v) is 16.2. The highest BCUT2D eigenvalue weighted by Gasteiger charge is 2.14. The highest BCUT2D eigenvalue weighted by atomic mass is 35.5. The fourth-order valence-electron chi connectivity index (χ4n) is 2.72. The van der Waals surface area contributed by atoms with Gasteiger partial charge in [-0.25, -0.2) is 9.78 Å². The molecule has 3 N–H and O–H groups in total. The van der Waals surface area contributed by atoms with E-state index < -0.39 is 5.63 Å². The SMILES string of the molecule is NCCOc1ccccc1Nc1nc(-c2cc3cccc(Cl)c3oc2=O)cs1. The second-order valence-corrected chi connectivity index (χ2v) is 7.17. The molecule has 0 aliphatic heterocycles. The maximum Gasteiger partial charge on any atom is 0.345 e. The quantitative estimate of drug-likeness (QED) is 0.447. The number of ether oxygens (including phenoxy) is 1. The second kappa shape index (κ2) is 8.02. The second-order valence-electron chi connectivity index (χ2n) is 5.90. The lowest BCUT2D eigenvalue weighted by molar-refractivity contribution is 0.330. The van der Waals surface area contributed by atoms with Crippen LogP contribution in [-0.4, -0.2) is 18.1 Å². The van der Waals surface area contributed by atoms with Gasteiger partial charge < -0.3 is 20.2 Å². The molecule has 4 aromatic rings. The normalized spacial score (nSPS) is 10.9. The smallest absolute Gasteiger partial charge is 0.345 e. The Balaban J connectivity index is 1.65. The summed E-state index contributed by atoms with van der Waals surface area (Å²) >= 11 is 7.48. The fraction of sp³-hybridized carbons (Fsp3) is 0.100. The van der Waals surface area contributed by atoms with Gasteiger partial charge in [-0.15, -0.1) is 11.3 Å². The van der Waals surface area contributed by atoms with Gasteiger partial charge in [0.15, 0.2) is 10.7 Å². The third-order valence-corrected chi connectivity index (χ3v) is 5.05. The molecule has 6 nitrogen and oxygen atoms in total. The van der Waals surface area contributed by atoms with Gasteiger partial charge in [-0.3, -0.25) is 0 Å². The number of nitrogens with zero attached hydrogens (tertiary/aromatic N) is 1. The average molecular weight is 414 g/mol. The Morgan fingerprint density at radius 3 is 2.93 bits per heavy atom. The summed E-state index contributed by atoms with van der Waals surface area (Å²) in [6.45, 7) is 0.847. The number of aromatic nitrogens is 1. The van der Waals surface area contributed by atoms with Crippen LogP contribution in [0.2, 0.25) is 5.02 Å². The van der Waals surface area contributed by atoms with Crippen LogP contribution in [0.3, 0.4) is 0 Å². The molecular weight excluding hydrogens is 398 g/mol. The average Bonchev–Trinajstić information content (AvgIpc) is 3.16. The Bertz CT molecular complexity index is 1190. The van der Waals surface area contributed by atoms with Crippen LogP contribution in [0.5, 0.6) is 5.75 Å². The molecule has 2 aromatic heterocycles. The van der Waals surface area contributed by atoms with Crippen molar-refractivity contribution in [3.8, 4) is 17.0 Å². The van der Waals surface area contributed by atoms with Crippen LogP contribution in [0.4, 0.5) is 10.8 Å². The van der Waals surface area contributed by atoms with Crippen molar-refractivity contribution in [3.05, 3.63) is 69.4 Å². The number of hydrogen-bond acceptors (Lipinski definition) is 7. The lowest BCUT2D eigenvalue weighted by atomic mass is 10.1. The Labute approximate surface area is 169 Å². The first-order valence-corrected chi connectivity index (χ1v) is 9.78. The van der Waals surface area contributed by atoms with Gasteiger partial charge in [0.2, 0.25) is 0 Å². The number of hydrogen-bond donors (Lipinski definition) is 2. The minimum atomic E-state index is -0.482. The maximum absolute atomic E-state index is 12.4. The van der Waals surface area contributed by atoms with E-state index in [1.165, 1.54) is 11.3 Å². The predicted molar refractivity (Wildman–Crippen MR) is 113 cm³/mol. The standard InChI is InChI=1S/C20H16ClN3O3S/c21-14-5-3-4-12-10-13(19(25)27-18(12)14)16-11-28-20(24-16)23-15-6-1-2-7-17(15)26-9-8-22/h1-7,10-11H,8-9,22H2,(H,23,24). The Hall–Kier alpha value is -2.87. The lowest BCUT2D eigenvalue weighted by Crippen LogP contribution is -2.11. The highest BCUT2D eigenvalue weighted by molar-refractivity contribution is 7.14. The number of para-hydroxylation sites is 3. The maximum atomic E-state index is 12.4. The molecule has 0 bridgehead atoms. The summed E-state index contributed by atoms with van der Waals surface area (Å²) in [6, 6.07) is 14.6. The summed E-state index contributed by atoms with van der Waals surface area (Å²) in [5.74, 6) is 0.685. The molecule has 0 unspecified atom stereocenters. The fourth-order valence-corrected chi connectivity index (χ4v) is 3.67. The van der Waals surface area contributed by atoms with Crippen molar-refractivity contribution < 1.29 is 9.15 Å². The van der Waals surface area contributed by atoms with Crippen molar-refractivity contribution in [2.75, 3.05) is 18.5 Å². The molecule has 28 heavy (non-hydrogen) atoms. The van der Waals surface area contributed by atoms with Crippen LogP contribution in [0.1, 0.15) is 0 Å². The number of benzene rings is 2.